The van der Waals surface area contributed by atoms with Crippen molar-refractivity contribution in [1.29, 1.82) is 0 Å². The lowest BCUT2D eigenvalue weighted by Crippen LogP contribution is -2.43. The molecule has 1 aliphatic heterocycles. The summed E-state index contributed by atoms with van der Waals surface area (Å²) in [6, 6.07) is 11.2. The number of nitrogens with one attached hydrogen (secondary N) is 2. The molecule has 120 valence electrons. The Morgan fingerprint density at radius 3 is 2.70 bits per heavy atom. The van der Waals surface area contributed by atoms with Gasteiger partial charge in [0.1, 0.15) is 5.82 Å². The fraction of sp³-hybridized carbons (Fsp3) is 0.294. The Hall–Kier alpha value is -2.11. The molecule has 6 heteroatoms. The van der Waals surface area contributed by atoms with Crippen LogP contribution in [0.1, 0.15) is 5.56 Å². The molecule has 0 aliphatic carbocycles. The van der Waals surface area contributed by atoms with Crippen molar-refractivity contribution in [2.24, 2.45) is 0 Å². The molecule has 23 heavy (non-hydrogen) atoms. The van der Waals surface area contributed by atoms with Crippen LogP contribution >= 0.6 is 11.6 Å². The Labute approximate surface area is 140 Å². The minimum absolute atomic E-state index is 0.125. The van der Waals surface area contributed by atoms with Gasteiger partial charge in [0, 0.05) is 31.2 Å². The normalized spacial score (nSPS) is 14.6. The number of benzene rings is 1. The fourth-order valence-electron chi connectivity index (χ4n) is 2.57. The number of pyridine rings is 1. The quantitative estimate of drug-likeness (QED) is 0.903. The van der Waals surface area contributed by atoms with Gasteiger partial charge in [-0.15, -0.1) is 0 Å². The van der Waals surface area contributed by atoms with Gasteiger partial charge in [0.15, 0.2) is 0 Å². The lowest BCUT2D eigenvalue weighted by atomic mass is 10.1. The van der Waals surface area contributed by atoms with E-state index in [1.807, 2.05) is 30.3 Å². The predicted molar refractivity (Wildman–Crippen MR) is 93.1 cm³/mol. The van der Waals surface area contributed by atoms with E-state index in [0.29, 0.717) is 10.8 Å². The van der Waals surface area contributed by atoms with E-state index in [2.05, 4.69) is 20.5 Å². The van der Waals surface area contributed by atoms with Crippen LogP contribution in [0.15, 0.2) is 42.6 Å². The highest BCUT2D eigenvalue weighted by molar-refractivity contribution is 6.31. The molecule has 0 radical (unpaired) electrons. The summed E-state index contributed by atoms with van der Waals surface area (Å²) < 4.78 is 0. The maximum atomic E-state index is 12.1. The van der Waals surface area contributed by atoms with Crippen LogP contribution in [-0.4, -0.2) is 37.1 Å². The molecular formula is C17H19ClN4O. The van der Waals surface area contributed by atoms with E-state index in [4.69, 9.17) is 11.6 Å². The summed E-state index contributed by atoms with van der Waals surface area (Å²) in [6.45, 7) is 3.91. The molecule has 1 amide bonds. The van der Waals surface area contributed by atoms with E-state index < -0.39 is 0 Å². The molecule has 1 aliphatic rings. The highest BCUT2D eigenvalue weighted by Crippen LogP contribution is 2.18. The van der Waals surface area contributed by atoms with E-state index in [1.54, 1.807) is 12.3 Å². The van der Waals surface area contributed by atoms with Gasteiger partial charge in [0.05, 0.1) is 18.3 Å². The van der Waals surface area contributed by atoms with Crippen LogP contribution in [0.5, 0.6) is 0 Å². The van der Waals surface area contributed by atoms with Crippen molar-refractivity contribution in [2.45, 2.75) is 6.42 Å². The summed E-state index contributed by atoms with van der Waals surface area (Å²) in [6.07, 6.45) is 2.04. The van der Waals surface area contributed by atoms with Gasteiger partial charge < -0.3 is 15.5 Å². The summed E-state index contributed by atoms with van der Waals surface area (Å²) in [5, 5.41) is 6.73. The minimum atomic E-state index is -0.125. The van der Waals surface area contributed by atoms with Crippen molar-refractivity contribution < 1.29 is 4.79 Å². The van der Waals surface area contributed by atoms with Crippen LogP contribution in [0.3, 0.4) is 0 Å². The first kappa shape index (κ1) is 15.8. The Balaban J connectivity index is 1.59. The molecular weight excluding hydrogens is 312 g/mol. The summed E-state index contributed by atoms with van der Waals surface area (Å²) >= 11 is 6.07. The number of hydrogen-bond donors (Lipinski definition) is 2. The smallest absolute Gasteiger partial charge is 0.230 e. The maximum absolute atomic E-state index is 12.1. The second kappa shape index (κ2) is 7.44. The Morgan fingerprint density at radius 1 is 1.22 bits per heavy atom. The number of hydrogen-bond acceptors (Lipinski definition) is 4. The molecule has 2 aromatic rings. The number of anilines is 2. The third-order valence-corrected chi connectivity index (χ3v) is 4.18. The zero-order chi connectivity index (χ0) is 16.1. The number of aromatic nitrogens is 1. The Kier molecular flexibility index (Phi) is 5.10. The summed E-state index contributed by atoms with van der Waals surface area (Å²) in [7, 11) is 0. The Morgan fingerprint density at radius 2 is 2.00 bits per heavy atom. The SMILES string of the molecule is O=C(Cc1ccccc1Cl)Nc1ccc(N2CCNCC2)cn1. The molecule has 0 unspecified atom stereocenters. The number of amides is 1. The van der Waals surface area contributed by atoms with Crippen molar-refractivity contribution in [3.63, 3.8) is 0 Å². The maximum Gasteiger partial charge on any atom is 0.230 e. The lowest BCUT2D eigenvalue weighted by molar-refractivity contribution is -0.115. The molecule has 1 aromatic carbocycles. The average molecular weight is 331 g/mol. The number of nitrogens with zero attached hydrogens (tertiary/aromatic N) is 2. The molecule has 0 spiro atoms. The first-order valence-corrected chi connectivity index (χ1v) is 8.05. The Bertz CT molecular complexity index is 669. The van der Waals surface area contributed by atoms with E-state index in [9.17, 15) is 4.79 Å². The number of carbonyl (C=O) groups is 1. The average Bonchev–Trinajstić information content (AvgIpc) is 2.58. The van der Waals surface area contributed by atoms with Gasteiger partial charge in [0.2, 0.25) is 5.91 Å². The third-order valence-electron chi connectivity index (χ3n) is 3.81. The van der Waals surface area contributed by atoms with Crippen LogP contribution in [0, 0.1) is 0 Å². The van der Waals surface area contributed by atoms with Crippen LogP contribution in [0.4, 0.5) is 11.5 Å². The van der Waals surface area contributed by atoms with E-state index >= 15 is 0 Å². The fourth-order valence-corrected chi connectivity index (χ4v) is 2.77. The first-order chi connectivity index (χ1) is 11.2. The summed E-state index contributed by atoms with van der Waals surface area (Å²) in [5.74, 6) is 0.432. The second-order valence-corrected chi connectivity index (χ2v) is 5.86. The van der Waals surface area contributed by atoms with Gasteiger partial charge >= 0.3 is 0 Å². The zero-order valence-corrected chi connectivity index (χ0v) is 13.5. The minimum Gasteiger partial charge on any atom is -0.368 e. The zero-order valence-electron chi connectivity index (χ0n) is 12.8. The third kappa shape index (κ3) is 4.21. The molecule has 1 aromatic heterocycles. The van der Waals surface area contributed by atoms with Crippen LogP contribution in [0.25, 0.3) is 0 Å². The summed E-state index contributed by atoms with van der Waals surface area (Å²) in [4.78, 5) is 18.7. The van der Waals surface area contributed by atoms with Gasteiger partial charge in [-0.3, -0.25) is 4.79 Å². The standard InChI is InChI=1S/C17H19ClN4O/c18-15-4-2-1-3-13(15)11-17(23)21-16-6-5-14(12-20-16)22-9-7-19-8-10-22/h1-6,12,19H,7-11H2,(H,20,21,23). The van der Waals surface area contributed by atoms with Crippen molar-refractivity contribution in [3.8, 4) is 0 Å². The van der Waals surface area contributed by atoms with E-state index in [1.165, 1.54) is 0 Å². The first-order valence-electron chi connectivity index (χ1n) is 7.67. The van der Waals surface area contributed by atoms with Crippen molar-refractivity contribution in [1.82, 2.24) is 10.3 Å². The number of piperazine rings is 1. The van der Waals surface area contributed by atoms with Crippen LogP contribution in [-0.2, 0) is 11.2 Å². The molecule has 0 saturated carbocycles. The molecule has 0 atom stereocenters. The summed E-state index contributed by atoms with van der Waals surface area (Å²) in [5.41, 5.74) is 1.89. The molecule has 5 nitrogen and oxygen atoms in total. The number of rotatable bonds is 4. The second-order valence-electron chi connectivity index (χ2n) is 5.46. The molecule has 2 N–H and O–H groups in total. The number of carbonyl (C=O) groups excluding carboxylic acids is 1. The van der Waals surface area contributed by atoms with Crippen LogP contribution < -0.4 is 15.5 Å². The molecule has 3 rings (SSSR count). The van der Waals surface area contributed by atoms with E-state index in [0.717, 1.165) is 37.4 Å². The highest BCUT2D eigenvalue weighted by Gasteiger charge is 2.11. The van der Waals surface area contributed by atoms with Gasteiger partial charge in [-0.05, 0) is 23.8 Å². The van der Waals surface area contributed by atoms with Gasteiger partial charge in [-0.2, -0.15) is 0 Å². The van der Waals surface area contributed by atoms with Gasteiger partial charge in [0.25, 0.3) is 0 Å². The molecule has 1 fully saturated rings. The predicted octanol–water partition coefficient (Wildman–Crippen LogP) is 2.33. The molecule has 1 saturated heterocycles. The lowest BCUT2D eigenvalue weighted by Gasteiger charge is -2.29. The molecule has 2 heterocycles. The highest BCUT2D eigenvalue weighted by atomic mass is 35.5. The van der Waals surface area contributed by atoms with Crippen molar-refractivity contribution >= 4 is 29.0 Å². The van der Waals surface area contributed by atoms with Crippen LogP contribution in [0.2, 0.25) is 5.02 Å². The topological polar surface area (TPSA) is 57.3 Å². The van der Waals surface area contributed by atoms with Crippen molar-refractivity contribution in [3.05, 3.63) is 53.2 Å². The van der Waals surface area contributed by atoms with Gasteiger partial charge in [-0.25, -0.2) is 4.98 Å². The van der Waals surface area contributed by atoms with Gasteiger partial charge in [-0.1, -0.05) is 29.8 Å². The largest absolute Gasteiger partial charge is 0.368 e. The van der Waals surface area contributed by atoms with Crippen molar-refractivity contribution in [2.75, 3.05) is 36.4 Å². The monoisotopic (exact) mass is 330 g/mol. The molecule has 0 bridgehead atoms. The van der Waals surface area contributed by atoms with E-state index in [-0.39, 0.29) is 12.3 Å². The number of halogens is 1.